The van der Waals surface area contributed by atoms with E-state index < -0.39 is 6.03 Å². The average molecular weight is 299 g/mol. The van der Waals surface area contributed by atoms with Gasteiger partial charge in [0, 0.05) is 18.8 Å². The second kappa shape index (κ2) is 7.68. The molecule has 2 aromatic rings. The Hall–Kier alpha value is -3.02. The number of ether oxygens (including phenoxy) is 1. The highest BCUT2D eigenvalue weighted by Crippen LogP contribution is 2.23. The maximum atomic E-state index is 11.7. The highest BCUT2D eigenvalue weighted by atomic mass is 16.5. The van der Waals surface area contributed by atoms with Crippen molar-refractivity contribution in [1.29, 1.82) is 0 Å². The van der Waals surface area contributed by atoms with E-state index in [4.69, 9.17) is 4.74 Å². The summed E-state index contributed by atoms with van der Waals surface area (Å²) < 4.78 is 5.68. The number of likely N-dealkylation sites (N-methyl/N-ethyl adjacent to an activating group) is 1. The molecule has 6 nitrogen and oxygen atoms in total. The summed E-state index contributed by atoms with van der Waals surface area (Å²) in [5.74, 6) is 1.05. The van der Waals surface area contributed by atoms with Crippen LogP contribution in [0.25, 0.3) is 0 Å². The Balaban J connectivity index is 1.94. The molecule has 0 saturated heterocycles. The van der Waals surface area contributed by atoms with Crippen LogP contribution >= 0.6 is 0 Å². The third-order valence-corrected chi connectivity index (χ3v) is 2.76. The SMILES string of the molecule is CNC(=O)CNC(=O)Nc1cccc(Oc2ccccc2)c1. The van der Waals surface area contributed by atoms with Crippen molar-refractivity contribution in [2.24, 2.45) is 0 Å². The summed E-state index contributed by atoms with van der Waals surface area (Å²) >= 11 is 0. The molecule has 0 aliphatic heterocycles. The fourth-order valence-electron chi connectivity index (χ4n) is 1.69. The molecule has 3 N–H and O–H groups in total. The Morgan fingerprint density at radius 3 is 2.45 bits per heavy atom. The Kier molecular flexibility index (Phi) is 5.37. The van der Waals surface area contributed by atoms with E-state index in [2.05, 4.69) is 16.0 Å². The number of nitrogens with one attached hydrogen (secondary N) is 3. The number of benzene rings is 2. The maximum absolute atomic E-state index is 11.7. The van der Waals surface area contributed by atoms with Crippen molar-refractivity contribution >= 4 is 17.6 Å². The molecule has 0 atom stereocenters. The Labute approximate surface area is 128 Å². The minimum absolute atomic E-state index is 0.0808. The van der Waals surface area contributed by atoms with Crippen LogP contribution in [-0.2, 0) is 4.79 Å². The molecule has 6 heteroatoms. The standard InChI is InChI=1S/C16H17N3O3/c1-17-15(20)11-18-16(21)19-12-6-5-9-14(10-12)22-13-7-3-2-4-8-13/h2-10H,11H2,1H3,(H,17,20)(H2,18,19,21). The van der Waals surface area contributed by atoms with Crippen LogP contribution in [0, 0.1) is 0 Å². The van der Waals surface area contributed by atoms with Crippen LogP contribution < -0.4 is 20.7 Å². The zero-order valence-electron chi connectivity index (χ0n) is 12.1. The van der Waals surface area contributed by atoms with Crippen molar-refractivity contribution in [3.05, 3.63) is 54.6 Å². The van der Waals surface area contributed by atoms with Crippen LogP contribution in [-0.4, -0.2) is 25.5 Å². The van der Waals surface area contributed by atoms with E-state index in [9.17, 15) is 9.59 Å². The van der Waals surface area contributed by atoms with E-state index in [1.807, 2.05) is 30.3 Å². The van der Waals surface area contributed by atoms with Crippen LogP contribution in [0.5, 0.6) is 11.5 Å². The lowest BCUT2D eigenvalue weighted by Crippen LogP contribution is -2.37. The number of carbonyl (C=O) groups excluding carboxylic acids is 2. The predicted octanol–water partition coefficient (Wildman–Crippen LogP) is 2.35. The molecule has 114 valence electrons. The zero-order chi connectivity index (χ0) is 15.8. The second-order valence-corrected chi connectivity index (χ2v) is 4.42. The van der Waals surface area contributed by atoms with Gasteiger partial charge in [-0.25, -0.2) is 4.79 Å². The number of amides is 3. The van der Waals surface area contributed by atoms with Gasteiger partial charge in [-0.1, -0.05) is 24.3 Å². The van der Waals surface area contributed by atoms with Crippen LogP contribution in [0.15, 0.2) is 54.6 Å². The molecule has 0 aliphatic carbocycles. The molecular weight excluding hydrogens is 282 g/mol. The highest BCUT2D eigenvalue weighted by Gasteiger charge is 2.05. The lowest BCUT2D eigenvalue weighted by molar-refractivity contribution is -0.119. The van der Waals surface area contributed by atoms with Crippen molar-refractivity contribution in [2.45, 2.75) is 0 Å². The van der Waals surface area contributed by atoms with Crippen LogP contribution in [0.3, 0.4) is 0 Å². The minimum atomic E-state index is -0.458. The molecule has 2 aromatic carbocycles. The first kappa shape index (κ1) is 15.4. The molecule has 0 unspecified atom stereocenters. The second-order valence-electron chi connectivity index (χ2n) is 4.42. The van der Waals surface area contributed by atoms with Crippen molar-refractivity contribution in [3.63, 3.8) is 0 Å². The normalized spacial score (nSPS) is 9.68. The molecule has 0 aromatic heterocycles. The lowest BCUT2D eigenvalue weighted by Gasteiger charge is -2.09. The molecule has 0 radical (unpaired) electrons. The number of urea groups is 1. The predicted molar refractivity (Wildman–Crippen MR) is 84.0 cm³/mol. The molecular formula is C16H17N3O3. The van der Waals surface area contributed by atoms with Gasteiger partial charge in [-0.3, -0.25) is 4.79 Å². The first-order chi connectivity index (χ1) is 10.7. The number of hydrogen-bond donors (Lipinski definition) is 3. The zero-order valence-corrected chi connectivity index (χ0v) is 12.1. The van der Waals surface area contributed by atoms with Crippen molar-refractivity contribution in [3.8, 4) is 11.5 Å². The summed E-state index contributed by atoms with van der Waals surface area (Å²) in [5.41, 5.74) is 0.572. The summed E-state index contributed by atoms with van der Waals surface area (Å²) in [6.07, 6.45) is 0. The summed E-state index contributed by atoms with van der Waals surface area (Å²) in [6, 6.07) is 15.9. The number of anilines is 1. The van der Waals surface area contributed by atoms with E-state index in [0.717, 1.165) is 0 Å². The minimum Gasteiger partial charge on any atom is -0.457 e. The monoisotopic (exact) mass is 299 g/mol. The molecule has 0 fully saturated rings. The third kappa shape index (κ3) is 4.82. The quantitative estimate of drug-likeness (QED) is 0.793. The smallest absolute Gasteiger partial charge is 0.319 e. The molecule has 0 saturated carbocycles. The molecule has 0 heterocycles. The van der Waals surface area contributed by atoms with Gasteiger partial charge < -0.3 is 20.7 Å². The van der Waals surface area contributed by atoms with E-state index in [1.165, 1.54) is 7.05 Å². The third-order valence-electron chi connectivity index (χ3n) is 2.76. The van der Waals surface area contributed by atoms with Crippen LogP contribution in [0.4, 0.5) is 10.5 Å². The van der Waals surface area contributed by atoms with Gasteiger partial charge in [0.05, 0.1) is 6.54 Å². The van der Waals surface area contributed by atoms with E-state index in [1.54, 1.807) is 24.3 Å². The average Bonchev–Trinajstić information content (AvgIpc) is 2.54. The Bertz CT molecular complexity index is 644. The fraction of sp³-hybridized carbons (Fsp3) is 0.125. The Morgan fingerprint density at radius 2 is 1.73 bits per heavy atom. The summed E-state index contributed by atoms with van der Waals surface area (Å²) in [6.45, 7) is -0.0808. The molecule has 0 bridgehead atoms. The van der Waals surface area contributed by atoms with Crippen LogP contribution in [0.2, 0.25) is 0 Å². The van der Waals surface area contributed by atoms with E-state index >= 15 is 0 Å². The van der Waals surface area contributed by atoms with Gasteiger partial charge in [-0.05, 0) is 24.3 Å². The largest absolute Gasteiger partial charge is 0.457 e. The summed E-state index contributed by atoms with van der Waals surface area (Å²) in [5, 5.41) is 7.50. The van der Waals surface area contributed by atoms with Gasteiger partial charge in [0.15, 0.2) is 0 Å². The summed E-state index contributed by atoms with van der Waals surface area (Å²) in [7, 11) is 1.51. The molecule has 0 aliphatic rings. The number of hydrogen-bond acceptors (Lipinski definition) is 3. The first-order valence-corrected chi connectivity index (χ1v) is 6.76. The van der Waals surface area contributed by atoms with Gasteiger partial charge >= 0.3 is 6.03 Å². The van der Waals surface area contributed by atoms with Gasteiger partial charge in [-0.2, -0.15) is 0 Å². The van der Waals surface area contributed by atoms with Gasteiger partial charge in [0.2, 0.25) is 5.91 Å². The molecule has 2 rings (SSSR count). The lowest BCUT2D eigenvalue weighted by atomic mass is 10.3. The van der Waals surface area contributed by atoms with Crippen molar-refractivity contribution in [1.82, 2.24) is 10.6 Å². The first-order valence-electron chi connectivity index (χ1n) is 6.76. The number of carbonyl (C=O) groups is 2. The highest BCUT2D eigenvalue weighted by molar-refractivity contribution is 5.92. The van der Waals surface area contributed by atoms with Crippen molar-refractivity contribution in [2.75, 3.05) is 18.9 Å². The van der Waals surface area contributed by atoms with Gasteiger partial charge in [0.25, 0.3) is 0 Å². The summed E-state index contributed by atoms with van der Waals surface area (Å²) in [4.78, 5) is 22.7. The topological polar surface area (TPSA) is 79.5 Å². The van der Waals surface area contributed by atoms with E-state index in [0.29, 0.717) is 17.2 Å². The molecule has 3 amide bonds. The van der Waals surface area contributed by atoms with Crippen LogP contribution in [0.1, 0.15) is 0 Å². The van der Waals surface area contributed by atoms with Gasteiger partial charge in [-0.15, -0.1) is 0 Å². The van der Waals surface area contributed by atoms with E-state index in [-0.39, 0.29) is 12.5 Å². The van der Waals surface area contributed by atoms with Gasteiger partial charge in [0.1, 0.15) is 11.5 Å². The van der Waals surface area contributed by atoms with Crippen molar-refractivity contribution < 1.29 is 14.3 Å². The molecule has 0 spiro atoms. The number of rotatable bonds is 5. The Morgan fingerprint density at radius 1 is 1.00 bits per heavy atom. The fourth-order valence-corrected chi connectivity index (χ4v) is 1.69. The molecule has 22 heavy (non-hydrogen) atoms. The number of para-hydroxylation sites is 1. The maximum Gasteiger partial charge on any atom is 0.319 e.